The number of hydrogen-bond donors (Lipinski definition) is 1. The van der Waals surface area contributed by atoms with E-state index < -0.39 is 0 Å². The van der Waals surface area contributed by atoms with E-state index >= 15 is 0 Å². The first kappa shape index (κ1) is 16.7. The second kappa shape index (κ2) is 7.63. The quantitative estimate of drug-likeness (QED) is 0.654. The topological polar surface area (TPSA) is 59.8 Å². The van der Waals surface area contributed by atoms with Crippen LogP contribution in [0.25, 0.3) is 0 Å². The lowest BCUT2D eigenvalue weighted by Crippen LogP contribution is -2.26. The van der Waals surface area contributed by atoms with Gasteiger partial charge in [-0.2, -0.15) is 0 Å². The van der Waals surface area contributed by atoms with Crippen LogP contribution in [0.15, 0.2) is 68.8 Å². The van der Waals surface area contributed by atoms with Crippen molar-refractivity contribution < 1.29 is 0 Å². The summed E-state index contributed by atoms with van der Waals surface area (Å²) in [6, 6.07) is 17.5. The zero-order chi connectivity index (χ0) is 16.9. The van der Waals surface area contributed by atoms with Crippen LogP contribution in [-0.2, 0) is 12.8 Å². The molecule has 0 fully saturated rings. The number of nitrogens with one attached hydrogen (secondary N) is 1. The maximum atomic E-state index is 12.5. The van der Waals surface area contributed by atoms with E-state index in [1.807, 2.05) is 54.6 Å². The van der Waals surface area contributed by atoms with Crippen LogP contribution in [-0.4, -0.2) is 14.8 Å². The largest absolute Gasteiger partial charge is 0.324 e. The Balaban J connectivity index is 1.75. The number of anilines is 2. The number of aromatic nitrogens is 3. The van der Waals surface area contributed by atoms with E-state index in [1.165, 1.54) is 4.57 Å². The molecule has 3 aromatic rings. The highest BCUT2D eigenvalue weighted by molar-refractivity contribution is 9.10. The van der Waals surface area contributed by atoms with Crippen LogP contribution in [0.3, 0.4) is 0 Å². The molecule has 0 spiro atoms. The molecule has 0 radical (unpaired) electrons. The summed E-state index contributed by atoms with van der Waals surface area (Å²) in [5.74, 6) is 0.899. The second-order valence-electron chi connectivity index (χ2n) is 5.07. The minimum atomic E-state index is -0.145. The summed E-state index contributed by atoms with van der Waals surface area (Å²) in [5, 5.41) is 11.3. The lowest BCUT2D eigenvalue weighted by atomic mass is 10.3. The van der Waals surface area contributed by atoms with Crippen molar-refractivity contribution in [1.29, 1.82) is 0 Å². The normalized spacial score (nSPS) is 10.6. The second-order valence-corrected chi connectivity index (χ2v) is 7.03. The van der Waals surface area contributed by atoms with Gasteiger partial charge in [-0.05, 0) is 36.4 Å². The highest BCUT2D eigenvalue weighted by Crippen LogP contribution is 2.23. The lowest BCUT2D eigenvalue weighted by Gasteiger charge is -2.10. The van der Waals surface area contributed by atoms with Crippen LogP contribution in [0.1, 0.15) is 5.69 Å². The average molecular weight is 403 g/mol. The number of para-hydroxylation sites is 1. The molecule has 0 aliphatic carbocycles. The Morgan fingerprint density at radius 2 is 1.79 bits per heavy atom. The van der Waals surface area contributed by atoms with Gasteiger partial charge in [0.2, 0.25) is 5.95 Å². The molecule has 0 atom stereocenters. The van der Waals surface area contributed by atoms with Gasteiger partial charge in [-0.3, -0.25) is 9.36 Å². The smallest absolute Gasteiger partial charge is 0.277 e. The first-order valence-corrected chi connectivity index (χ1v) is 9.04. The first-order chi connectivity index (χ1) is 11.6. The number of halogens is 1. The summed E-state index contributed by atoms with van der Waals surface area (Å²) in [5.41, 5.74) is 1.15. The molecule has 0 aliphatic rings. The van der Waals surface area contributed by atoms with Crippen molar-refractivity contribution in [3.05, 3.63) is 75.1 Å². The van der Waals surface area contributed by atoms with E-state index in [2.05, 4.69) is 31.4 Å². The van der Waals surface area contributed by atoms with Crippen molar-refractivity contribution >= 4 is 39.3 Å². The van der Waals surface area contributed by atoms with Gasteiger partial charge in [0, 0.05) is 27.9 Å². The molecule has 0 unspecified atom stereocenters. The summed E-state index contributed by atoms with van der Waals surface area (Å²) < 4.78 is 2.51. The molecule has 0 amide bonds. The summed E-state index contributed by atoms with van der Waals surface area (Å²) in [4.78, 5) is 13.5. The van der Waals surface area contributed by atoms with Crippen molar-refractivity contribution in [2.45, 2.75) is 10.6 Å². The SMILES string of the molecule is Cn1c(Nc2ccccc2)nnc(CSc2ccc(Br)cc2)c1=O. The Bertz CT molecular complexity index is 881. The van der Waals surface area contributed by atoms with Crippen LogP contribution in [0.4, 0.5) is 11.6 Å². The Hall–Kier alpha value is -2.12. The molecular weight excluding hydrogens is 388 g/mol. The Labute approximate surface area is 152 Å². The molecule has 0 saturated heterocycles. The van der Waals surface area contributed by atoms with Gasteiger partial charge in [-0.15, -0.1) is 22.0 Å². The monoisotopic (exact) mass is 402 g/mol. The Morgan fingerprint density at radius 1 is 1.08 bits per heavy atom. The molecule has 0 bridgehead atoms. The molecule has 0 aliphatic heterocycles. The zero-order valence-electron chi connectivity index (χ0n) is 12.9. The van der Waals surface area contributed by atoms with Crippen LogP contribution >= 0.6 is 27.7 Å². The Kier molecular flexibility index (Phi) is 5.32. The summed E-state index contributed by atoms with van der Waals surface area (Å²) in [7, 11) is 1.69. The van der Waals surface area contributed by atoms with E-state index in [4.69, 9.17) is 0 Å². The molecule has 2 aromatic carbocycles. The molecule has 7 heteroatoms. The fraction of sp³-hybridized carbons (Fsp3) is 0.118. The molecule has 0 saturated carbocycles. The molecule has 5 nitrogen and oxygen atoms in total. The van der Waals surface area contributed by atoms with Crippen LogP contribution in [0.2, 0.25) is 0 Å². The molecule has 1 aromatic heterocycles. The molecule has 3 rings (SSSR count). The number of thioether (sulfide) groups is 1. The van der Waals surface area contributed by atoms with Gasteiger partial charge in [0.05, 0.1) is 0 Å². The van der Waals surface area contributed by atoms with Crippen molar-refractivity contribution in [3.8, 4) is 0 Å². The fourth-order valence-electron chi connectivity index (χ4n) is 2.04. The third-order valence-electron chi connectivity index (χ3n) is 3.35. The summed E-state index contributed by atoms with van der Waals surface area (Å²) in [6.45, 7) is 0. The lowest BCUT2D eigenvalue weighted by molar-refractivity contribution is 0.764. The number of hydrogen-bond acceptors (Lipinski definition) is 5. The van der Waals surface area contributed by atoms with Gasteiger partial charge in [-0.1, -0.05) is 34.1 Å². The van der Waals surface area contributed by atoms with Crippen molar-refractivity contribution in [2.24, 2.45) is 7.05 Å². The summed E-state index contributed by atoms with van der Waals surface area (Å²) in [6.07, 6.45) is 0. The van der Waals surface area contributed by atoms with Crippen molar-refractivity contribution in [2.75, 3.05) is 5.32 Å². The molecule has 1 heterocycles. The predicted molar refractivity (Wildman–Crippen MR) is 101 cm³/mol. The van der Waals surface area contributed by atoms with Gasteiger partial charge >= 0.3 is 0 Å². The van der Waals surface area contributed by atoms with E-state index in [1.54, 1.807) is 18.8 Å². The van der Waals surface area contributed by atoms with Gasteiger partial charge in [0.1, 0.15) is 5.69 Å². The van der Waals surface area contributed by atoms with E-state index in [-0.39, 0.29) is 5.56 Å². The van der Waals surface area contributed by atoms with Crippen LogP contribution < -0.4 is 10.9 Å². The third-order valence-corrected chi connectivity index (χ3v) is 4.91. The van der Waals surface area contributed by atoms with E-state index in [0.717, 1.165) is 15.1 Å². The van der Waals surface area contributed by atoms with E-state index in [9.17, 15) is 4.79 Å². The third kappa shape index (κ3) is 4.04. The number of nitrogens with zero attached hydrogens (tertiary/aromatic N) is 3. The van der Waals surface area contributed by atoms with Crippen molar-refractivity contribution in [1.82, 2.24) is 14.8 Å². The van der Waals surface area contributed by atoms with Gasteiger partial charge in [0.15, 0.2) is 0 Å². The maximum absolute atomic E-state index is 12.5. The minimum Gasteiger partial charge on any atom is -0.324 e. The van der Waals surface area contributed by atoms with E-state index in [0.29, 0.717) is 17.4 Å². The maximum Gasteiger partial charge on any atom is 0.277 e. The van der Waals surface area contributed by atoms with Gasteiger partial charge in [-0.25, -0.2) is 0 Å². The molecular formula is C17H15BrN4OS. The minimum absolute atomic E-state index is 0.145. The van der Waals surface area contributed by atoms with Crippen LogP contribution in [0, 0.1) is 0 Å². The van der Waals surface area contributed by atoms with Gasteiger partial charge in [0.25, 0.3) is 5.56 Å². The number of benzene rings is 2. The Morgan fingerprint density at radius 3 is 2.50 bits per heavy atom. The van der Waals surface area contributed by atoms with Crippen molar-refractivity contribution in [3.63, 3.8) is 0 Å². The fourth-order valence-corrected chi connectivity index (χ4v) is 3.12. The highest BCUT2D eigenvalue weighted by atomic mass is 79.9. The zero-order valence-corrected chi connectivity index (χ0v) is 15.3. The average Bonchev–Trinajstić information content (AvgIpc) is 2.61. The van der Waals surface area contributed by atoms with Crippen LogP contribution in [0.5, 0.6) is 0 Å². The molecule has 1 N–H and O–H groups in total. The number of rotatable bonds is 5. The standard InChI is InChI=1S/C17H15BrN4OS/c1-22-16(23)15(11-24-14-9-7-12(18)8-10-14)20-21-17(22)19-13-5-3-2-4-6-13/h2-10H,11H2,1H3,(H,19,21). The summed E-state index contributed by atoms with van der Waals surface area (Å²) >= 11 is 4.96. The predicted octanol–water partition coefficient (Wildman–Crippen LogP) is 3.97. The molecule has 122 valence electrons. The van der Waals surface area contributed by atoms with Gasteiger partial charge < -0.3 is 5.32 Å². The highest BCUT2D eigenvalue weighted by Gasteiger charge is 2.10. The first-order valence-electron chi connectivity index (χ1n) is 7.26. The molecule has 24 heavy (non-hydrogen) atoms.